The maximum absolute atomic E-state index is 12.2. The Labute approximate surface area is 114 Å². The highest BCUT2D eigenvalue weighted by Crippen LogP contribution is 2.19. The number of hydrogen-bond acceptors (Lipinski definition) is 2. The second kappa shape index (κ2) is 5.85. The lowest BCUT2D eigenvalue weighted by atomic mass is 10.0. The number of hydrogen-bond donors (Lipinski definition) is 1. The molecule has 2 N–H and O–H groups in total. The van der Waals surface area contributed by atoms with Crippen molar-refractivity contribution < 1.29 is 4.79 Å². The predicted molar refractivity (Wildman–Crippen MR) is 78.9 cm³/mol. The van der Waals surface area contributed by atoms with Gasteiger partial charge in [-0.1, -0.05) is 42.5 Å². The Bertz CT molecular complexity index is 574. The quantitative estimate of drug-likeness (QED) is 0.911. The van der Waals surface area contributed by atoms with Gasteiger partial charge in [-0.2, -0.15) is 0 Å². The Kier molecular flexibility index (Phi) is 4.17. The van der Waals surface area contributed by atoms with Gasteiger partial charge in [-0.15, -0.1) is 0 Å². The van der Waals surface area contributed by atoms with E-state index >= 15 is 0 Å². The minimum absolute atomic E-state index is 0.0717. The third-order valence-electron chi connectivity index (χ3n) is 3.62. The maximum atomic E-state index is 12.2. The molecule has 2 aromatic rings. The van der Waals surface area contributed by atoms with Crippen LogP contribution in [0.4, 0.5) is 0 Å². The molecule has 0 aliphatic carbocycles. The van der Waals surface area contributed by atoms with Crippen molar-refractivity contribution in [1.82, 2.24) is 4.90 Å². The van der Waals surface area contributed by atoms with Crippen LogP contribution >= 0.6 is 0 Å². The molecule has 0 radical (unpaired) electrons. The van der Waals surface area contributed by atoms with Crippen molar-refractivity contribution >= 4 is 16.7 Å². The average Bonchev–Trinajstić information content (AvgIpc) is 2.46. The summed E-state index contributed by atoms with van der Waals surface area (Å²) in [7, 11) is 1.81. The minimum Gasteiger partial charge on any atom is -0.341 e. The first-order chi connectivity index (χ1) is 9.13. The summed E-state index contributed by atoms with van der Waals surface area (Å²) in [6.45, 7) is 2.44. The van der Waals surface area contributed by atoms with Gasteiger partial charge in [-0.3, -0.25) is 4.79 Å². The van der Waals surface area contributed by atoms with Crippen LogP contribution in [0.2, 0.25) is 0 Å². The van der Waals surface area contributed by atoms with Gasteiger partial charge in [-0.25, -0.2) is 0 Å². The standard InChI is InChI=1S/C16H20N2O/c1-12(11-17)18(2)16(19)10-14-8-5-7-13-6-3-4-9-15(13)14/h3-9,12H,10-11,17H2,1-2H3/t12-/m0/s1. The van der Waals surface area contributed by atoms with E-state index in [1.165, 1.54) is 5.39 Å². The molecule has 19 heavy (non-hydrogen) atoms. The molecular weight excluding hydrogens is 236 g/mol. The highest BCUT2D eigenvalue weighted by molar-refractivity contribution is 5.90. The van der Waals surface area contributed by atoms with Gasteiger partial charge in [0, 0.05) is 19.6 Å². The number of fused-ring (bicyclic) bond motifs is 1. The van der Waals surface area contributed by atoms with Crippen molar-refractivity contribution in [1.29, 1.82) is 0 Å². The van der Waals surface area contributed by atoms with Crippen LogP contribution in [0.1, 0.15) is 12.5 Å². The SMILES string of the molecule is C[C@@H](CN)N(C)C(=O)Cc1cccc2ccccc12. The molecule has 0 unspecified atom stereocenters. The second-order valence-electron chi connectivity index (χ2n) is 4.90. The summed E-state index contributed by atoms with van der Waals surface area (Å²) in [6, 6.07) is 14.3. The summed E-state index contributed by atoms with van der Waals surface area (Å²) in [5.74, 6) is 0.106. The number of amides is 1. The van der Waals surface area contributed by atoms with Gasteiger partial charge in [0.15, 0.2) is 0 Å². The zero-order valence-electron chi connectivity index (χ0n) is 11.5. The van der Waals surface area contributed by atoms with Gasteiger partial charge in [0.1, 0.15) is 0 Å². The molecule has 0 fully saturated rings. The molecule has 3 nitrogen and oxygen atoms in total. The van der Waals surface area contributed by atoms with Crippen LogP contribution in [0.15, 0.2) is 42.5 Å². The highest BCUT2D eigenvalue weighted by atomic mass is 16.2. The fourth-order valence-corrected chi connectivity index (χ4v) is 2.14. The molecule has 100 valence electrons. The molecule has 0 bridgehead atoms. The smallest absolute Gasteiger partial charge is 0.227 e. The van der Waals surface area contributed by atoms with Gasteiger partial charge in [0.25, 0.3) is 0 Å². The number of likely N-dealkylation sites (N-methyl/N-ethyl adjacent to an activating group) is 1. The van der Waals surface area contributed by atoms with Crippen LogP contribution in [-0.4, -0.2) is 30.4 Å². The van der Waals surface area contributed by atoms with Crippen LogP contribution < -0.4 is 5.73 Å². The van der Waals surface area contributed by atoms with E-state index in [0.717, 1.165) is 10.9 Å². The zero-order valence-corrected chi connectivity index (χ0v) is 11.5. The topological polar surface area (TPSA) is 46.3 Å². The monoisotopic (exact) mass is 256 g/mol. The Hall–Kier alpha value is -1.87. The van der Waals surface area contributed by atoms with E-state index in [2.05, 4.69) is 18.2 Å². The van der Waals surface area contributed by atoms with Crippen molar-refractivity contribution in [2.75, 3.05) is 13.6 Å². The van der Waals surface area contributed by atoms with Gasteiger partial charge in [-0.05, 0) is 23.3 Å². The van der Waals surface area contributed by atoms with E-state index in [-0.39, 0.29) is 11.9 Å². The Morgan fingerprint density at radius 1 is 1.21 bits per heavy atom. The third-order valence-corrected chi connectivity index (χ3v) is 3.62. The molecule has 0 aromatic heterocycles. The number of carbonyl (C=O) groups excluding carboxylic acids is 1. The lowest BCUT2D eigenvalue weighted by Gasteiger charge is -2.24. The van der Waals surface area contributed by atoms with Crippen LogP contribution in [-0.2, 0) is 11.2 Å². The van der Waals surface area contributed by atoms with Crippen molar-refractivity contribution in [2.24, 2.45) is 5.73 Å². The van der Waals surface area contributed by atoms with E-state index < -0.39 is 0 Å². The fourth-order valence-electron chi connectivity index (χ4n) is 2.14. The van der Waals surface area contributed by atoms with Crippen molar-refractivity contribution in [3.63, 3.8) is 0 Å². The largest absolute Gasteiger partial charge is 0.341 e. The zero-order chi connectivity index (χ0) is 13.8. The normalized spacial score (nSPS) is 12.4. The van der Waals surface area contributed by atoms with Gasteiger partial charge in [0.05, 0.1) is 6.42 Å². The predicted octanol–water partition coefficient (Wildman–Crippen LogP) is 2.19. The first kappa shape index (κ1) is 13.6. The Balaban J connectivity index is 2.24. The van der Waals surface area contributed by atoms with Gasteiger partial charge >= 0.3 is 0 Å². The number of carbonyl (C=O) groups is 1. The molecule has 2 aromatic carbocycles. The van der Waals surface area contributed by atoms with Crippen molar-refractivity contribution in [3.05, 3.63) is 48.0 Å². The van der Waals surface area contributed by atoms with E-state index in [0.29, 0.717) is 13.0 Å². The summed E-state index contributed by atoms with van der Waals surface area (Å²) in [5, 5.41) is 2.31. The van der Waals surface area contributed by atoms with E-state index in [4.69, 9.17) is 5.73 Å². The molecule has 0 aliphatic heterocycles. The molecule has 3 heteroatoms. The minimum atomic E-state index is 0.0717. The molecule has 2 rings (SSSR count). The Morgan fingerprint density at radius 3 is 2.63 bits per heavy atom. The average molecular weight is 256 g/mol. The van der Waals surface area contributed by atoms with E-state index in [1.54, 1.807) is 4.90 Å². The molecular formula is C16H20N2O. The molecule has 0 saturated carbocycles. The van der Waals surface area contributed by atoms with Crippen molar-refractivity contribution in [2.45, 2.75) is 19.4 Å². The number of rotatable bonds is 4. The number of benzene rings is 2. The van der Waals surface area contributed by atoms with Crippen LogP contribution in [0.5, 0.6) is 0 Å². The van der Waals surface area contributed by atoms with Crippen molar-refractivity contribution in [3.8, 4) is 0 Å². The summed E-state index contributed by atoms with van der Waals surface area (Å²) in [5.41, 5.74) is 6.67. The van der Waals surface area contributed by atoms with E-state index in [1.807, 2.05) is 38.2 Å². The Morgan fingerprint density at radius 2 is 1.89 bits per heavy atom. The number of nitrogens with zero attached hydrogens (tertiary/aromatic N) is 1. The lowest BCUT2D eigenvalue weighted by Crippen LogP contribution is -2.40. The van der Waals surface area contributed by atoms with E-state index in [9.17, 15) is 4.79 Å². The lowest BCUT2D eigenvalue weighted by molar-refractivity contribution is -0.130. The second-order valence-corrected chi connectivity index (χ2v) is 4.90. The summed E-state index contributed by atoms with van der Waals surface area (Å²) in [6.07, 6.45) is 0.419. The number of nitrogens with two attached hydrogens (primary N) is 1. The van der Waals surface area contributed by atoms with Crippen LogP contribution in [0.25, 0.3) is 10.8 Å². The molecule has 0 aliphatic rings. The molecule has 0 saturated heterocycles. The van der Waals surface area contributed by atoms with Gasteiger partial charge in [0.2, 0.25) is 5.91 Å². The highest BCUT2D eigenvalue weighted by Gasteiger charge is 2.15. The molecule has 0 spiro atoms. The molecule has 1 amide bonds. The summed E-state index contributed by atoms with van der Waals surface area (Å²) in [4.78, 5) is 14.0. The molecule has 0 heterocycles. The summed E-state index contributed by atoms with van der Waals surface area (Å²) >= 11 is 0. The first-order valence-corrected chi connectivity index (χ1v) is 6.56. The maximum Gasteiger partial charge on any atom is 0.227 e. The summed E-state index contributed by atoms with van der Waals surface area (Å²) < 4.78 is 0. The third kappa shape index (κ3) is 2.93. The van der Waals surface area contributed by atoms with Crippen LogP contribution in [0, 0.1) is 0 Å². The van der Waals surface area contributed by atoms with Gasteiger partial charge < -0.3 is 10.6 Å². The fraction of sp³-hybridized carbons (Fsp3) is 0.312. The van der Waals surface area contributed by atoms with Crippen LogP contribution in [0.3, 0.4) is 0 Å². The first-order valence-electron chi connectivity index (χ1n) is 6.56. The molecule has 1 atom stereocenters.